The van der Waals surface area contributed by atoms with Crippen LogP contribution in [0.1, 0.15) is 22.8 Å². The molecule has 0 aliphatic rings. The Labute approximate surface area is 214 Å². The predicted octanol–water partition coefficient (Wildman–Crippen LogP) is 4.41. The zero-order chi connectivity index (χ0) is 25.8. The number of rotatable bonds is 8. The smallest absolute Gasteiger partial charge is 0.354 e. The maximum absolute atomic E-state index is 13.0. The first-order valence-electron chi connectivity index (χ1n) is 10.6. The van der Waals surface area contributed by atoms with Gasteiger partial charge in [-0.15, -0.1) is 0 Å². The quantitative estimate of drug-likeness (QED) is 0.344. The Morgan fingerprint density at radius 2 is 1.75 bits per heavy atom. The van der Waals surface area contributed by atoms with Crippen molar-refractivity contribution in [3.63, 3.8) is 0 Å². The molecule has 0 aliphatic carbocycles. The molecule has 0 amide bonds. The number of hydrogen-bond acceptors (Lipinski definition) is 7. The average Bonchev–Trinajstić information content (AvgIpc) is 2.85. The molecule has 4 rings (SSSR count). The van der Waals surface area contributed by atoms with Gasteiger partial charge in [0.2, 0.25) is 11.8 Å². The lowest BCUT2D eigenvalue weighted by atomic mass is 10.2. The Kier molecular flexibility index (Phi) is 7.37. The fourth-order valence-electron chi connectivity index (χ4n) is 3.27. The van der Waals surface area contributed by atoms with Crippen molar-refractivity contribution in [2.24, 2.45) is 0 Å². The molecule has 12 heteroatoms. The van der Waals surface area contributed by atoms with Crippen LogP contribution in [0, 0.1) is 0 Å². The van der Waals surface area contributed by atoms with E-state index in [1.54, 1.807) is 55.5 Å². The minimum atomic E-state index is -1.15. The molecule has 0 saturated carbocycles. The van der Waals surface area contributed by atoms with E-state index in [1.165, 1.54) is 10.6 Å². The second-order valence-electron chi connectivity index (χ2n) is 7.52. The molecule has 2 heterocycles. The van der Waals surface area contributed by atoms with Gasteiger partial charge < -0.3 is 15.2 Å². The van der Waals surface area contributed by atoms with E-state index >= 15 is 0 Å². The Bertz CT molecular complexity index is 1530. The van der Waals surface area contributed by atoms with Crippen molar-refractivity contribution in [1.29, 1.82) is 0 Å². The van der Waals surface area contributed by atoms with Crippen LogP contribution in [0.2, 0.25) is 10.0 Å². The van der Waals surface area contributed by atoms with Gasteiger partial charge in [0.05, 0.1) is 12.1 Å². The number of nitrogens with zero attached hydrogens (tertiary/aromatic N) is 4. The van der Waals surface area contributed by atoms with Gasteiger partial charge in [0.1, 0.15) is 10.8 Å². The molecule has 0 aliphatic heterocycles. The van der Waals surface area contributed by atoms with E-state index in [2.05, 4.69) is 15.3 Å². The second-order valence-corrected chi connectivity index (χ2v) is 8.37. The van der Waals surface area contributed by atoms with Crippen molar-refractivity contribution in [3.05, 3.63) is 103 Å². The predicted molar refractivity (Wildman–Crippen MR) is 135 cm³/mol. The molecule has 0 atom stereocenters. The van der Waals surface area contributed by atoms with E-state index in [1.807, 2.05) is 0 Å². The summed E-state index contributed by atoms with van der Waals surface area (Å²) in [4.78, 5) is 44.4. The number of ether oxygens (including phenoxy) is 1. The summed E-state index contributed by atoms with van der Waals surface area (Å²) in [5.41, 5.74) is 0.111. The zero-order valence-corrected chi connectivity index (χ0v) is 20.3. The molecule has 2 aromatic carbocycles. The molecule has 0 saturated heterocycles. The van der Waals surface area contributed by atoms with Gasteiger partial charge in [-0.3, -0.25) is 4.57 Å². The summed E-state index contributed by atoms with van der Waals surface area (Å²) in [6.07, 6.45) is 1.14. The summed E-state index contributed by atoms with van der Waals surface area (Å²) >= 11 is 12.0. The third-order valence-electron chi connectivity index (χ3n) is 5.10. The van der Waals surface area contributed by atoms with Gasteiger partial charge in [0.15, 0.2) is 0 Å². The van der Waals surface area contributed by atoms with E-state index in [4.69, 9.17) is 33.0 Å². The first-order valence-corrected chi connectivity index (χ1v) is 11.4. The van der Waals surface area contributed by atoms with Crippen LogP contribution >= 0.6 is 23.2 Å². The lowest BCUT2D eigenvalue weighted by Gasteiger charge is -2.15. The second kappa shape index (κ2) is 10.6. The third-order valence-corrected chi connectivity index (χ3v) is 5.62. The number of benzene rings is 2. The first-order chi connectivity index (χ1) is 17.2. The molecule has 0 unspecified atom stereocenters. The lowest BCUT2D eigenvalue weighted by molar-refractivity contribution is 0.0696. The third kappa shape index (κ3) is 5.56. The Morgan fingerprint density at radius 3 is 2.36 bits per heavy atom. The van der Waals surface area contributed by atoms with Crippen LogP contribution in [0.15, 0.2) is 70.4 Å². The highest BCUT2D eigenvalue weighted by Gasteiger charge is 2.14. The number of carboxylic acids is 1. The number of carboxylic acid groups (broad SMARTS) is 1. The van der Waals surface area contributed by atoms with Crippen LogP contribution in [0.25, 0.3) is 0 Å². The molecule has 184 valence electrons. The van der Waals surface area contributed by atoms with Crippen molar-refractivity contribution in [2.75, 3.05) is 5.32 Å². The molecular weight excluding hydrogens is 509 g/mol. The highest BCUT2D eigenvalue weighted by atomic mass is 35.5. The Morgan fingerprint density at radius 1 is 1.06 bits per heavy atom. The van der Waals surface area contributed by atoms with Crippen LogP contribution in [0.3, 0.4) is 0 Å². The van der Waals surface area contributed by atoms with Gasteiger partial charge in [-0.1, -0.05) is 35.3 Å². The van der Waals surface area contributed by atoms with Crippen LogP contribution in [0.5, 0.6) is 11.6 Å². The van der Waals surface area contributed by atoms with Crippen LogP contribution in [-0.2, 0) is 13.1 Å². The van der Waals surface area contributed by atoms with Gasteiger partial charge in [-0.2, -0.15) is 4.98 Å². The standard InChI is InChI=1S/C24H19Cl2N5O5/c1-2-30-23(34)29-22(31(24(30)35)13-14-3-5-16(25)6-4-14)28-17-7-9-18(10-8-17)36-20-19(26)11-15(12-27-20)21(32)33/h3-12H,2,13H2,1H3,(H,32,33)(H,28,29,34). The first kappa shape index (κ1) is 25.0. The molecule has 10 nitrogen and oxygen atoms in total. The number of hydrogen-bond donors (Lipinski definition) is 2. The van der Waals surface area contributed by atoms with Crippen molar-refractivity contribution in [3.8, 4) is 11.6 Å². The van der Waals surface area contributed by atoms with Crippen LogP contribution in [-0.4, -0.2) is 30.2 Å². The highest BCUT2D eigenvalue weighted by molar-refractivity contribution is 6.32. The van der Waals surface area contributed by atoms with Gasteiger partial charge in [0.25, 0.3) is 0 Å². The number of nitrogens with one attached hydrogen (secondary N) is 1. The average molecular weight is 528 g/mol. The van der Waals surface area contributed by atoms with Crippen molar-refractivity contribution in [2.45, 2.75) is 20.0 Å². The minimum absolute atomic E-state index is 0.0454. The number of carbonyl (C=O) groups is 1. The number of aromatic carboxylic acids is 1. The zero-order valence-electron chi connectivity index (χ0n) is 18.8. The van der Waals surface area contributed by atoms with Crippen LogP contribution in [0.4, 0.5) is 11.6 Å². The van der Waals surface area contributed by atoms with Crippen LogP contribution < -0.4 is 21.4 Å². The SMILES string of the molecule is CCn1c(=O)nc(Nc2ccc(Oc3ncc(C(=O)O)cc3Cl)cc2)n(Cc2ccc(Cl)cc2)c1=O. The molecule has 0 spiro atoms. The number of halogens is 2. The van der Waals surface area contributed by atoms with Crippen molar-refractivity contribution >= 4 is 40.8 Å². The number of aromatic nitrogens is 4. The molecule has 0 fully saturated rings. The fourth-order valence-corrected chi connectivity index (χ4v) is 3.61. The lowest BCUT2D eigenvalue weighted by Crippen LogP contribution is -2.42. The molecule has 2 aromatic heterocycles. The molecular formula is C24H19Cl2N5O5. The topological polar surface area (TPSA) is 128 Å². The van der Waals surface area contributed by atoms with Crippen molar-refractivity contribution < 1.29 is 14.6 Å². The maximum atomic E-state index is 13.0. The van der Waals surface area contributed by atoms with Gasteiger partial charge in [0, 0.05) is 23.5 Å². The molecule has 36 heavy (non-hydrogen) atoms. The van der Waals surface area contributed by atoms with Gasteiger partial charge in [-0.25, -0.2) is 23.9 Å². The van der Waals surface area contributed by atoms with E-state index in [0.29, 0.717) is 16.5 Å². The summed E-state index contributed by atoms with van der Waals surface area (Å²) in [6, 6.07) is 14.8. The number of pyridine rings is 1. The fraction of sp³-hybridized carbons (Fsp3) is 0.125. The monoisotopic (exact) mass is 527 g/mol. The molecule has 2 N–H and O–H groups in total. The molecule has 0 radical (unpaired) electrons. The molecule has 0 bridgehead atoms. The van der Waals surface area contributed by atoms with E-state index in [-0.39, 0.29) is 35.5 Å². The summed E-state index contributed by atoms with van der Waals surface area (Å²) in [6.45, 7) is 2.05. The summed E-state index contributed by atoms with van der Waals surface area (Å²) in [7, 11) is 0. The minimum Gasteiger partial charge on any atom is -0.478 e. The van der Waals surface area contributed by atoms with Gasteiger partial charge in [-0.05, 0) is 55.0 Å². The highest BCUT2D eigenvalue weighted by Crippen LogP contribution is 2.29. The van der Waals surface area contributed by atoms with E-state index < -0.39 is 17.3 Å². The normalized spacial score (nSPS) is 10.8. The van der Waals surface area contributed by atoms with Crippen molar-refractivity contribution in [1.82, 2.24) is 19.1 Å². The summed E-state index contributed by atoms with van der Waals surface area (Å²) in [5, 5.41) is 12.6. The largest absolute Gasteiger partial charge is 0.478 e. The van der Waals surface area contributed by atoms with Gasteiger partial charge >= 0.3 is 17.3 Å². The Hall–Kier alpha value is -4.15. The summed E-state index contributed by atoms with van der Waals surface area (Å²) < 4.78 is 8.04. The molecule has 4 aromatic rings. The van der Waals surface area contributed by atoms with E-state index in [0.717, 1.165) is 16.3 Å². The number of anilines is 2. The maximum Gasteiger partial charge on any atom is 0.354 e. The Balaban J connectivity index is 1.59. The summed E-state index contributed by atoms with van der Waals surface area (Å²) in [5.74, 6) is -0.650. The van der Waals surface area contributed by atoms with E-state index in [9.17, 15) is 14.4 Å².